The predicted octanol–water partition coefficient (Wildman–Crippen LogP) is 1.93. The molecule has 0 fully saturated rings. The number of rotatable bonds is 8. The van der Waals surface area contributed by atoms with E-state index in [1.54, 1.807) is 48.5 Å². The summed E-state index contributed by atoms with van der Waals surface area (Å²) in [7, 11) is 1.33. The van der Waals surface area contributed by atoms with Crippen molar-refractivity contribution >= 4 is 18.2 Å². The molecular weight excluding hydrogens is 338 g/mol. The molecule has 0 bridgehead atoms. The lowest BCUT2D eigenvalue weighted by atomic mass is 10.2. The lowest BCUT2D eigenvalue weighted by molar-refractivity contribution is 0.0600. The second-order valence-corrected chi connectivity index (χ2v) is 5.02. The number of urea groups is 1. The van der Waals surface area contributed by atoms with E-state index < -0.39 is 12.0 Å². The summed E-state index contributed by atoms with van der Waals surface area (Å²) in [5, 5.41) is 3.68. The molecular formula is C18H19N3O5. The molecule has 0 aromatic heterocycles. The average Bonchev–Trinajstić information content (AvgIpc) is 2.65. The SMILES string of the molecule is COC(=O)c1cccc(OCCOc2cccc(C=NNC(N)=O)c2)c1. The number of nitrogens with zero attached hydrogens (tertiary/aromatic N) is 1. The fourth-order valence-corrected chi connectivity index (χ4v) is 2.00. The largest absolute Gasteiger partial charge is 0.490 e. The van der Waals surface area contributed by atoms with Crippen molar-refractivity contribution in [2.24, 2.45) is 10.8 Å². The fraction of sp³-hybridized carbons (Fsp3) is 0.167. The van der Waals surface area contributed by atoms with Crippen molar-refractivity contribution in [1.82, 2.24) is 5.43 Å². The van der Waals surface area contributed by atoms with Crippen LogP contribution in [0.1, 0.15) is 15.9 Å². The molecule has 8 heteroatoms. The minimum Gasteiger partial charge on any atom is -0.490 e. The molecule has 2 rings (SSSR count). The van der Waals surface area contributed by atoms with Gasteiger partial charge in [-0.05, 0) is 35.9 Å². The third kappa shape index (κ3) is 6.16. The van der Waals surface area contributed by atoms with Crippen LogP contribution in [0, 0.1) is 0 Å². The number of carbonyl (C=O) groups excluding carboxylic acids is 2. The molecule has 0 heterocycles. The molecule has 8 nitrogen and oxygen atoms in total. The quantitative estimate of drug-likeness (QED) is 0.324. The van der Waals surface area contributed by atoms with Gasteiger partial charge < -0.3 is 19.9 Å². The van der Waals surface area contributed by atoms with Gasteiger partial charge >= 0.3 is 12.0 Å². The van der Waals surface area contributed by atoms with Crippen LogP contribution in [0.2, 0.25) is 0 Å². The Kier molecular flexibility index (Phi) is 6.99. The average molecular weight is 357 g/mol. The molecule has 0 aliphatic heterocycles. The van der Waals surface area contributed by atoms with E-state index in [9.17, 15) is 9.59 Å². The lowest BCUT2D eigenvalue weighted by Crippen LogP contribution is -2.24. The van der Waals surface area contributed by atoms with E-state index in [2.05, 4.69) is 15.3 Å². The van der Waals surface area contributed by atoms with Gasteiger partial charge in [-0.2, -0.15) is 5.10 Å². The highest BCUT2D eigenvalue weighted by Gasteiger charge is 2.06. The van der Waals surface area contributed by atoms with Crippen molar-refractivity contribution in [3.8, 4) is 11.5 Å². The number of carbonyl (C=O) groups is 2. The number of primary amides is 1. The monoisotopic (exact) mass is 357 g/mol. The maximum atomic E-state index is 11.5. The smallest absolute Gasteiger partial charge is 0.337 e. The van der Waals surface area contributed by atoms with Gasteiger partial charge in [-0.1, -0.05) is 18.2 Å². The van der Waals surface area contributed by atoms with Crippen molar-refractivity contribution in [2.75, 3.05) is 20.3 Å². The van der Waals surface area contributed by atoms with Crippen LogP contribution in [-0.2, 0) is 4.74 Å². The summed E-state index contributed by atoms with van der Waals surface area (Å²) in [4.78, 5) is 22.0. The van der Waals surface area contributed by atoms with E-state index in [-0.39, 0.29) is 0 Å². The van der Waals surface area contributed by atoms with Gasteiger partial charge in [0.2, 0.25) is 0 Å². The molecule has 26 heavy (non-hydrogen) atoms. The molecule has 2 aromatic carbocycles. The standard InChI is InChI=1S/C18H19N3O5/c1-24-17(22)14-5-3-7-16(11-14)26-9-8-25-15-6-2-4-13(10-15)12-20-21-18(19)23/h2-7,10-12H,8-9H2,1H3,(H3,19,21,23). The maximum Gasteiger partial charge on any atom is 0.337 e. The highest BCUT2D eigenvalue weighted by atomic mass is 16.5. The Bertz CT molecular complexity index is 792. The summed E-state index contributed by atoms with van der Waals surface area (Å²) in [5.41, 5.74) is 8.19. The Morgan fingerprint density at radius 1 is 1.08 bits per heavy atom. The fourth-order valence-electron chi connectivity index (χ4n) is 2.00. The van der Waals surface area contributed by atoms with Crippen LogP contribution in [0.5, 0.6) is 11.5 Å². The molecule has 0 saturated heterocycles. The van der Waals surface area contributed by atoms with Gasteiger partial charge in [0, 0.05) is 0 Å². The number of nitrogens with two attached hydrogens (primary N) is 1. The highest BCUT2D eigenvalue weighted by molar-refractivity contribution is 5.89. The van der Waals surface area contributed by atoms with Gasteiger partial charge in [-0.25, -0.2) is 15.0 Å². The number of amides is 2. The second kappa shape index (κ2) is 9.67. The van der Waals surface area contributed by atoms with Gasteiger partial charge in [-0.3, -0.25) is 0 Å². The zero-order chi connectivity index (χ0) is 18.8. The van der Waals surface area contributed by atoms with Crippen molar-refractivity contribution in [2.45, 2.75) is 0 Å². The van der Waals surface area contributed by atoms with Crippen molar-refractivity contribution < 1.29 is 23.8 Å². The molecule has 0 unspecified atom stereocenters. The summed E-state index contributed by atoms with van der Waals surface area (Å²) in [6.07, 6.45) is 1.45. The third-order valence-corrected chi connectivity index (χ3v) is 3.12. The first kappa shape index (κ1) is 18.8. The van der Waals surface area contributed by atoms with Crippen LogP contribution < -0.4 is 20.6 Å². The molecule has 3 N–H and O–H groups in total. The van der Waals surface area contributed by atoms with Gasteiger partial charge in [0.15, 0.2) is 0 Å². The van der Waals surface area contributed by atoms with Crippen LogP contribution in [0.4, 0.5) is 4.79 Å². The lowest BCUT2D eigenvalue weighted by Gasteiger charge is -2.09. The first-order valence-corrected chi connectivity index (χ1v) is 7.71. The number of ether oxygens (including phenoxy) is 3. The molecule has 136 valence electrons. The summed E-state index contributed by atoms with van der Waals surface area (Å²) in [5.74, 6) is 0.755. The highest BCUT2D eigenvalue weighted by Crippen LogP contribution is 2.15. The molecule has 0 radical (unpaired) electrons. The normalized spacial score (nSPS) is 10.3. The number of hydrazone groups is 1. The number of nitrogens with one attached hydrogen (secondary N) is 1. The zero-order valence-electron chi connectivity index (χ0n) is 14.2. The molecule has 0 aliphatic rings. The van der Waals surface area contributed by atoms with Gasteiger partial charge in [0.05, 0.1) is 18.9 Å². The Morgan fingerprint density at radius 3 is 2.38 bits per heavy atom. The van der Waals surface area contributed by atoms with Gasteiger partial charge in [-0.15, -0.1) is 0 Å². The molecule has 0 atom stereocenters. The Balaban J connectivity index is 1.82. The van der Waals surface area contributed by atoms with E-state index >= 15 is 0 Å². The van der Waals surface area contributed by atoms with Crippen molar-refractivity contribution in [3.63, 3.8) is 0 Å². The molecule has 2 amide bonds. The molecule has 2 aromatic rings. The topological polar surface area (TPSA) is 112 Å². The van der Waals surface area contributed by atoms with Crippen LogP contribution >= 0.6 is 0 Å². The van der Waals surface area contributed by atoms with Crippen molar-refractivity contribution in [3.05, 3.63) is 59.7 Å². The number of hydrogen-bond donors (Lipinski definition) is 2. The first-order chi connectivity index (χ1) is 12.6. The minimum absolute atomic E-state index is 0.298. The van der Waals surface area contributed by atoms with E-state index in [0.29, 0.717) is 30.3 Å². The molecule has 0 spiro atoms. The number of methoxy groups -OCH3 is 1. The Hall–Kier alpha value is -3.55. The second-order valence-electron chi connectivity index (χ2n) is 5.02. The molecule has 0 saturated carbocycles. The third-order valence-electron chi connectivity index (χ3n) is 3.12. The number of hydrogen-bond acceptors (Lipinski definition) is 6. The summed E-state index contributed by atoms with van der Waals surface area (Å²) in [6.45, 7) is 0.606. The minimum atomic E-state index is -0.734. The maximum absolute atomic E-state index is 11.5. The van der Waals surface area contributed by atoms with Gasteiger partial charge in [0.25, 0.3) is 0 Å². The van der Waals surface area contributed by atoms with Crippen LogP contribution in [0.15, 0.2) is 53.6 Å². The first-order valence-electron chi connectivity index (χ1n) is 7.71. The summed E-state index contributed by atoms with van der Waals surface area (Å²) >= 11 is 0. The van der Waals surface area contributed by atoms with E-state index in [4.69, 9.17) is 15.2 Å². The van der Waals surface area contributed by atoms with Crippen LogP contribution in [-0.4, -0.2) is 38.5 Å². The van der Waals surface area contributed by atoms with E-state index in [0.717, 1.165) is 5.56 Å². The molecule has 0 aliphatic carbocycles. The Labute approximate surface area is 150 Å². The predicted molar refractivity (Wildman–Crippen MR) is 95.5 cm³/mol. The number of benzene rings is 2. The summed E-state index contributed by atoms with van der Waals surface area (Å²) in [6, 6.07) is 13.1. The van der Waals surface area contributed by atoms with Crippen LogP contribution in [0.3, 0.4) is 0 Å². The van der Waals surface area contributed by atoms with Crippen LogP contribution in [0.25, 0.3) is 0 Å². The van der Waals surface area contributed by atoms with Crippen molar-refractivity contribution in [1.29, 1.82) is 0 Å². The van der Waals surface area contributed by atoms with E-state index in [1.807, 2.05) is 0 Å². The summed E-state index contributed by atoms with van der Waals surface area (Å²) < 4.78 is 15.8. The van der Waals surface area contributed by atoms with E-state index in [1.165, 1.54) is 13.3 Å². The zero-order valence-corrected chi connectivity index (χ0v) is 14.2. The Morgan fingerprint density at radius 2 is 1.73 bits per heavy atom. The number of esters is 1. The van der Waals surface area contributed by atoms with Gasteiger partial charge in [0.1, 0.15) is 24.7 Å².